The van der Waals surface area contributed by atoms with E-state index < -0.39 is 0 Å². The molecule has 0 bridgehead atoms. The van der Waals surface area contributed by atoms with Gasteiger partial charge >= 0.3 is 0 Å². The summed E-state index contributed by atoms with van der Waals surface area (Å²) in [6, 6.07) is 12.5. The summed E-state index contributed by atoms with van der Waals surface area (Å²) in [4.78, 5) is 0. The Morgan fingerprint density at radius 2 is 1.76 bits per heavy atom. The number of benzene rings is 2. The molecule has 0 amide bonds. The predicted octanol–water partition coefficient (Wildman–Crippen LogP) is 5.57. The van der Waals surface area contributed by atoms with Gasteiger partial charge in [0.2, 0.25) is 0 Å². The number of rotatable bonds is 2. The van der Waals surface area contributed by atoms with Crippen molar-refractivity contribution in [3.05, 3.63) is 56.5 Å². The fourth-order valence-corrected chi connectivity index (χ4v) is 2.68. The highest BCUT2D eigenvalue weighted by atomic mass is 79.9. The van der Waals surface area contributed by atoms with Crippen LogP contribution >= 0.6 is 31.9 Å². The van der Waals surface area contributed by atoms with Crippen molar-refractivity contribution in [1.29, 1.82) is 0 Å². The second-order valence-corrected chi connectivity index (χ2v) is 5.79. The normalized spacial score (nSPS) is 10.4. The molecule has 0 saturated heterocycles. The van der Waals surface area contributed by atoms with Crippen molar-refractivity contribution in [2.45, 2.75) is 13.8 Å². The second-order valence-electron chi connectivity index (χ2n) is 4.08. The molecule has 1 N–H and O–H groups in total. The van der Waals surface area contributed by atoms with Crippen molar-refractivity contribution in [3.8, 4) is 0 Å². The average molecular weight is 355 g/mol. The van der Waals surface area contributed by atoms with Crippen LogP contribution in [0.4, 0.5) is 11.4 Å². The summed E-state index contributed by atoms with van der Waals surface area (Å²) < 4.78 is 2.20. The summed E-state index contributed by atoms with van der Waals surface area (Å²) in [5.41, 5.74) is 4.62. The number of halogens is 2. The van der Waals surface area contributed by atoms with Gasteiger partial charge in [-0.1, -0.05) is 28.1 Å². The van der Waals surface area contributed by atoms with Crippen molar-refractivity contribution in [1.82, 2.24) is 0 Å². The van der Waals surface area contributed by atoms with E-state index in [-0.39, 0.29) is 0 Å². The molecule has 2 aromatic rings. The number of hydrogen-bond acceptors (Lipinski definition) is 1. The third-order valence-corrected chi connectivity index (χ3v) is 4.02. The standard InChI is InChI=1S/C14H13Br2N/c1-9-6-11(15)8-12(7-9)17-13-5-3-4-10(2)14(13)16/h3-8,17H,1-2H3. The zero-order valence-electron chi connectivity index (χ0n) is 9.72. The lowest BCUT2D eigenvalue weighted by Crippen LogP contribution is -1.93. The van der Waals surface area contributed by atoms with Crippen molar-refractivity contribution < 1.29 is 0 Å². The zero-order chi connectivity index (χ0) is 12.4. The molecule has 2 aromatic carbocycles. The Balaban J connectivity index is 2.34. The molecule has 0 radical (unpaired) electrons. The minimum Gasteiger partial charge on any atom is -0.355 e. The third kappa shape index (κ3) is 3.11. The molecular weight excluding hydrogens is 342 g/mol. The van der Waals surface area contributed by atoms with Crippen LogP contribution in [0.25, 0.3) is 0 Å². The molecule has 2 rings (SSSR count). The van der Waals surface area contributed by atoms with Gasteiger partial charge in [-0.3, -0.25) is 0 Å². The molecule has 17 heavy (non-hydrogen) atoms. The van der Waals surface area contributed by atoms with Gasteiger partial charge in [-0.2, -0.15) is 0 Å². The summed E-state index contributed by atoms with van der Waals surface area (Å²) in [5, 5.41) is 3.42. The van der Waals surface area contributed by atoms with Crippen molar-refractivity contribution in [2.24, 2.45) is 0 Å². The quantitative estimate of drug-likeness (QED) is 0.743. The highest BCUT2D eigenvalue weighted by molar-refractivity contribution is 9.11. The summed E-state index contributed by atoms with van der Waals surface area (Å²) in [6.07, 6.45) is 0. The van der Waals surface area contributed by atoms with Gasteiger partial charge in [0.25, 0.3) is 0 Å². The highest BCUT2D eigenvalue weighted by Gasteiger charge is 2.03. The molecule has 0 saturated carbocycles. The van der Waals surface area contributed by atoms with E-state index in [9.17, 15) is 0 Å². The van der Waals surface area contributed by atoms with E-state index in [2.05, 4.69) is 81.4 Å². The number of aryl methyl sites for hydroxylation is 2. The van der Waals surface area contributed by atoms with E-state index in [0.717, 1.165) is 20.3 Å². The lowest BCUT2D eigenvalue weighted by atomic mass is 10.2. The van der Waals surface area contributed by atoms with E-state index in [1.807, 2.05) is 6.07 Å². The van der Waals surface area contributed by atoms with E-state index in [4.69, 9.17) is 0 Å². The molecule has 0 atom stereocenters. The van der Waals surface area contributed by atoms with Crippen molar-refractivity contribution in [2.75, 3.05) is 5.32 Å². The number of nitrogens with one attached hydrogen (secondary N) is 1. The van der Waals surface area contributed by atoms with Crippen LogP contribution in [0.2, 0.25) is 0 Å². The topological polar surface area (TPSA) is 12.0 Å². The largest absolute Gasteiger partial charge is 0.355 e. The Kier molecular flexibility index (Phi) is 3.89. The molecule has 3 heteroatoms. The molecular formula is C14H13Br2N. The smallest absolute Gasteiger partial charge is 0.0531 e. The minimum atomic E-state index is 1.09. The Morgan fingerprint density at radius 1 is 1.00 bits per heavy atom. The fourth-order valence-electron chi connectivity index (χ4n) is 1.71. The zero-order valence-corrected chi connectivity index (χ0v) is 12.9. The first kappa shape index (κ1) is 12.7. The SMILES string of the molecule is Cc1cc(Br)cc(Nc2cccc(C)c2Br)c1. The van der Waals surface area contributed by atoms with Gasteiger partial charge in [0.05, 0.1) is 5.69 Å². The Hall–Kier alpha value is -0.800. The van der Waals surface area contributed by atoms with Gasteiger partial charge in [0.1, 0.15) is 0 Å². The molecule has 0 aliphatic heterocycles. The molecule has 0 aliphatic carbocycles. The maximum absolute atomic E-state index is 3.60. The maximum atomic E-state index is 3.60. The van der Waals surface area contributed by atoms with E-state index >= 15 is 0 Å². The molecule has 0 heterocycles. The first-order valence-corrected chi connectivity index (χ1v) is 6.94. The van der Waals surface area contributed by atoms with Gasteiger partial charge in [0.15, 0.2) is 0 Å². The van der Waals surface area contributed by atoms with Crippen LogP contribution in [0.1, 0.15) is 11.1 Å². The molecule has 0 aliphatic rings. The van der Waals surface area contributed by atoms with Crippen LogP contribution in [0.3, 0.4) is 0 Å². The van der Waals surface area contributed by atoms with Crippen molar-refractivity contribution >= 4 is 43.2 Å². The van der Waals surface area contributed by atoms with Crippen LogP contribution in [0.5, 0.6) is 0 Å². The molecule has 0 fully saturated rings. The van der Waals surface area contributed by atoms with Crippen LogP contribution in [0.15, 0.2) is 45.3 Å². The molecule has 88 valence electrons. The van der Waals surface area contributed by atoms with E-state index in [0.29, 0.717) is 0 Å². The summed E-state index contributed by atoms with van der Waals surface area (Å²) in [6.45, 7) is 4.17. The van der Waals surface area contributed by atoms with Gasteiger partial charge in [0, 0.05) is 14.6 Å². The maximum Gasteiger partial charge on any atom is 0.0531 e. The first-order chi connectivity index (χ1) is 8.06. The lowest BCUT2D eigenvalue weighted by molar-refractivity contribution is 1.39. The lowest BCUT2D eigenvalue weighted by Gasteiger charge is -2.11. The van der Waals surface area contributed by atoms with Crippen LogP contribution in [-0.4, -0.2) is 0 Å². The fraction of sp³-hybridized carbons (Fsp3) is 0.143. The molecule has 0 unspecified atom stereocenters. The van der Waals surface area contributed by atoms with Crippen molar-refractivity contribution in [3.63, 3.8) is 0 Å². The van der Waals surface area contributed by atoms with Gasteiger partial charge in [-0.25, -0.2) is 0 Å². The first-order valence-electron chi connectivity index (χ1n) is 5.35. The molecule has 0 spiro atoms. The molecule has 0 aromatic heterocycles. The van der Waals surface area contributed by atoms with E-state index in [1.54, 1.807) is 0 Å². The Morgan fingerprint density at radius 3 is 2.47 bits per heavy atom. The summed E-state index contributed by atoms with van der Waals surface area (Å²) >= 11 is 7.11. The highest BCUT2D eigenvalue weighted by Crippen LogP contribution is 2.30. The summed E-state index contributed by atoms with van der Waals surface area (Å²) in [7, 11) is 0. The van der Waals surface area contributed by atoms with E-state index in [1.165, 1.54) is 11.1 Å². The van der Waals surface area contributed by atoms with Crippen LogP contribution < -0.4 is 5.32 Å². The molecule has 1 nitrogen and oxygen atoms in total. The number of hydrogen-bond donors (Lipinski definition) is 1. The predicted molar refractivity (Wildman–Crippen MR) is 81.0 cm³/mol. The number of anilines is 2. The minimum absolute atomic E-state index is 1.09. The van der Waals surface area contributed by atoms with Gasteiger partial charge < -0.3 is 5.32 Å². The third-order valence-electron chi connectivity index (χ3n) is 2.51. The Bertz CT molecular complexity index is 530. The van der Waals surface area contributed by atoms with Gasteiger partial charge in [-0.15, -0.1) is 0 Å². The second kappa shape index (κ2) is 5.23. The average Bonchev–Trinajstić information content (AvgIpc) is 2.23. The monoisotopic (exact) mass is 353 g/mol. The Labute approximate surface area is 119 Å². The van der Waals surface area contributed by atoms with Crippen LogP contribution in [0, 0.1) is 13.8 Å². The van der Waals surface area contributed by atoms with Gasteiger partial charge in [-0.05, 0) is 65.2 Å². The summed E-state index contributed by atoms with van der Waals surface area (Å²) in [5.74, 6) is 0. The van der Waals surface area contributed by atoms with Crippen LogP contribution in [-0.2, 0) is 0 Å².